The number of aromatic nitrogens is 2. The van der Waals surface area contributed by atoms with Crippen LogP contribution in [0.2, 0.25) is 0 Å². The molecule has 0 amide bonds. The van der Waals surface area contributed by atoms with Crippen LogP contribution in [0.25, 0.3) is 11.1 Å². The van der Waals surface area contributed by atoms with Crippen molar-refractivity contribution in [3.05, 3.63) is 114 Å². The Morgan fingerprint density at radius 1 is 0.780 bits per heavy atom. The summed E-state index contributed by atoms with van der Waals surface area (Å²) < 4.78 is 13.2. The monoisotopic (exact) mass is 551 g/mol. The zero-order valence-corrected chi connectivity index (χ0v) is 23.2. The number of anilines is 1. The van der Waals surface area contributed by atoms with Gasteiger partial charge in [-0.25, -0.2) is 9.97 Å². The lowest BCUT2D eigenvalue weighted by Crippen LogP contribution is -2.50. The van der Waals surface area contributed by atoms with Crippen LogP contribution >= 0.6 is 0 Å². The highest BCUT2D eigenvalue weighted by atomic mass is 16.7. The van der Waals surface area contributed by atoms with Gasteiger partial charge in [0.25, 0.3) is 0 Å². The molecule has 41 heavy (non-hydrogen) atoms. The molecule has 3 aromatic carbocycles. The summed E-state index contributed by atoms with van der Waals surface area (Å²) in [5, 5.41) is 9.51. The van der Waals surface area contributed by atoms with Crippen LogP contribution in [0.5, 0.6) is 0 Å². The van der Waals surface area contributed by atoms with Crippen molar-refractivity contribution in [1.29, 1.82) is 0 Å². The zero-order valence-electron chi connectivity index (χ0n) is 23.2. The maximum atomic E-state index is 9.51. The van der Waals surface area contributed by atoms with Crippen LogP contribution in [0.1, 0.15) is 41.1 Å². The van der Waals surface area contributed by atoms with E-state index in [1.54, 1.807) is 12.4 Å². The fraction of sp³-hybridized carbons (Fsp3) is 0.333. The van der Waals surface area contributed by atoms with Gasteiger partial charge in [-0.15, -0.1) is 0 Å². The average Bonchev–Trinajstić information content (AvgIpc) is 3.05. The summed E-state index contributed by atoms with van der Waals surface area (Å²) in [6.45, 7) is 5.00. The first kappa shape index (κ1) is 27.5. The lowest BCUT2D eigenvalue weighted by molar-refractivity contribution is -0.253. The van der Waals surface area contributed by atoms with Crippen LogP contribution < -0.4 is 10.6 Å². The fourth-order valence-corrected chi connectivity index (χ4v) is 5.62. The molecule has 2 aliphatic rings. The molecule has 3 heterocycles. The highest BCUT2D eigenvalue weighted by Gasteiger charge is 2.34. The topological polar surface area (TPSA) is 97.0 Å². The number of hydrogen-bond acceptors (Lipinski definition) is 8. The van der Waals surface area contributed by atoms with Gasteiger partial charge in [0.15, 0.2) is 6.29 Å². The molecular weight excluding hydrogens is 514 g/mol. The second-order valence-corrected chi connectivity index (χ2v) is 10.7. The minimum Gasteiger partial charge on any atom is -0.392 e. The van der Waals surface area contributed by atoms with E-state index in [2.05, 4.69) is 68.3 Å². The number of aliphatic hydroxyl groups is 1. The summed E-state index contributed by atoms with van der Waals surface area (Å²) in [7, 11) is 0. The molecule has 0 aliphatic carbocycles. The van der Waals surface area contributed by atoms with Gasteiger partial charge in [0.05, 0.1) is 18.8 Å². The van der Waals surface area contributed by atoms with Gasteiger partial charge in [0.1, 0.15) is 0 Å². The van der Waals surface area contributed by atoms with Crippen molar-refractivity contribution in [2.24, 2.45) is 5.73 Å². The maximum absolute atomic E-state index is 9.51. The number of nitrogens with two attached hydrogens (primary N) is 1. The fourth-order valence-electron chi connectivity index (χ4n) is 5.62. The Balaban J connectivity index is 1.17. The number of rotatable bonds is 8. The molecule has 8 heteroatoms. The Labute approximate surface area is 241 Å². The van der Waals surface area contributed by atoms with E-state index in [0.29, 0.717) is 6.54 Å². The molecule has 0 bridgehead atoms. The van der Waals surface area contributed by atoms with E-state index in [1.807, 2.05) is 30.3 Å². The van der Waals surface area contributed by atoms with E-state index in [-0.39, 0.29) is 18.8 Å². The van der Waals surface area contributed by atoms with E-state index in [4.69, 9.17) is 15.2 Å². The van der Waals surface area contributed by atoms with Gasteiger partial charge in [-0.1, -0.05) is 66.7 Å². The highest BCUT2D eigenvalue weighted by molar-refractivity contribution is 5.64. The van der Waals surface area contributed by atoms with Gasteiger partial charge in [-0.05, 0) is 39.9 Å². The molecule has 2 aliphatic heterocycles. The molecule has 4 aromatic rings. The van der Waals surface area contributed by atoms with Crippen LogP contribution in [0, 0.1) is 0 Å². The summed E-state index contributed by atoms with van der Waals surface area (Å²) in [6.07, 6.45) is 3.78. The SMILES string of the molecule is NCc1cccc(-c2ccc([C@@H]3O[C@H](CN4CCN(c5ncccn5)CC4)C[C@H](c4ccc(CO)cc4)O3)cc2)c1. The Hall–Kier alpha value is -3.66. The van der Waals surface area contributed by atoms with Crippen LogP contribution in [0.3, 0.4) is 0 Å². The van der Waals surface area contributed by atoms with Gasteiger partial charge in [-0.3, -0.25) is 4.90 Å². The highest BCUT2D eigenvalue weighted by Crippen LogP contribution is 2.38. The smallest absolute Gasteiger partial charge is 0.225 e. The molecule has 2 saturated heterocycles. The number of ether oxygens (including phenoxy) is 2. The molecule has 0 saturated carbocycles. The second-order valence-electron chi connectivity index (χ2n) is 10.7. The normalized spacial score (nSPS) is 21.6. The van der Waals surface area contributed by atoms with E-state index in [1.165, 1.54) is 0 Å². The van der Waals surface area contributed by atoms with Crippen molar-refractivity contribution in [2.75, 3.05) is 37.6 Å². The van der Waals surface area contributed by atoms with Gasteiger partial charge in [0.2, 0.25) is 5.95 Å². The van der Waals surface area contributed by atoms with E-state index in [9.17, 15) is 5.11 Å². The molecule has 1 aromatic heterocycles. The molecular formula is C33H37N5O3. The minimum atomic E-state index is -0.472. The van der Waals surface area contributed by atoms with Crippen LogP contribution in [0.15, 0.2) is 91.3 Å². The van der Waals surface area contributed by atoms with Crippen LogP contribution in [0.4, 0.5) is 5.95 Å². The molecule has 0 unspecified atom stereocenters. The van der Waals surface area contributed by atoms with E-state index >= 15 is 0 Å². The standard InChI is InChI=1S/C33H37N5O3/c34-21-25-3-1-4-29(19-25)26-9-11-28(12-10-26)32-40-30(20-31(41-32)27-7-5-24(23-39)6-8-27)22-37-15-17-38(18-16-37)33-35-13-2-14-36-33/h1-14,19,30-32,39H,15-18,20-23,34H2/t30-,31+,32+/m0/s1. The zero-order chi connectivity index (χ0) is 28.0. The summed E-state index contributed by atoms with van der Waals surface area (Å²) in [5.41, 5.74) is 12.2. The minimum absolute atomic E-state index is 0.0108. The van der Waals surface area contributed by atoms with Gasteiger partial charge < -0.3 is 25.2 Å². The first-order chi connectivity index (χ1) is 20.2. The number of hydrogen-bond donors (Lipinski definition) is 2. The third kappa shape index (κ3) is 6.64. The predicted molar refractivity (Wildman–Crippen MR) is 159 cm³/mol. The van der Waals surface area contributed by atoms with Crippen molar-refractivity contribution in [3.63, 3.8) is 0 Å². The number of nitrogens with zero attached hydrogens (tertiary/aromatic N) is 4. The predicted octanol–water partition coefficient (Wildman–Crippen LogP) is 4.46. The molecule has 212 valence electrons. The average molecular weight is 552 g/mol. The molecule has 2 fully saturated rings. The Kier molecular flexibility index (Phi) is 8.65. The van der Waals surface area contributed by atoms with Crippen molar-refractivity contribution >= 4 is 5.95 Å². The van der Waals surface area contributed by atoms with Crippen molar-refractivity contribution in [3.8, 4) is 11.1 Å². The number of benzene rings is 3. The third-order valence-electron chi connectivity index (χ3n) is 7.96. The van der Waals surface area contributed by atoms with Crippen LogP contribution in [-0.4, -0.2) is 58.8 Å². The summed E-state index contributed by atoms with van der Waals surface area (Å²) in [5.74, 6) is 0.791. The molecule has 6 rings (SSSR count). The largest absolute Gasteiger partial charge is 0.392 e. The summed E-state index contributed by atoms with van der Waals surface area (Å²) >= 11 is 0. The Morgan fingerprint density at radius 3 is 2.22 bits per heavy atom. The van der Waals surface area contributed by atoms with Gasteiger partial charge in [0, 0.05) is 63.6 Å². The van der Waals surface area contributed by atoms with Crippen molar-refractivity contribution < 1.29 is 14.6 Å². The first-order valence-electron chi connectivity index (χ1n) is 14.3. The van der Waals surface area contributed by atoms with Crippen molar-refractivity contribution in [1.82, 2.24) is 14.9 Å². The summed E-state index contributed by atoms with van der Waals surface area (Å²) in [6, 6.07) is 26.7. The second kappa shape index (κ2) is 12.9. The lowest BCUT2D eigenvalue weighted by atomic mass is 9.99. The van der Waals surface area contributed by atoms with E-state index < -0.39 is 6.29 Å². The quantitative estimate of drug-likeness (QED) is 0.331. The Morgan fingerprint density at radius 2 is 1.51 bits per heavy atom. The Bertz CT molecular complexity index is 1390. The molecule has 8 nitrogen and oxygen atoms in total. The molecule has 0 spiro atoms. The molecule has 0 radical (unpaired) electrons. The maximum Gasteiger partial charge on any atom is 0.225 e. The molecule has 3 atom stereocenters. The third-order valence-corrected chi connectivity index (χ3v) is 7.96. The van der Waals surface area contributed by atoms with Crippen molar-refractivity contribution in [2.45, 2.75) is 38.1 Å². The van der Waals surface area contributed by atoms with Crippen LogP contribution in [-0.2, 0) is 22.6 Å². The van der Waals surface area contributed by atoms with Gasteiger partial charge in [-0.2, -0.15) is 0 Å². The summed E-state index contributed by atoms with van der Waals surface area (Å²) in [4.78, 5) is 13.5. The number of aliphatic hydroxyl groups excluding tert-OH is 1. The lowest BCUT2D eigenvalue weighted by Gasteiger charge is -2.40. The number of piperazine rings is 1. The molecule has 3 N–H and O–H groups in total. The first-order valence-corrected chi connectivity index (χ1v) is 14.3. The van der Waals surface area contributed by atoms with E-state index in [0.717, 1.165) is 78.5 Å². The van der Waals surface area contributed by atoms with Gasteiger partial charge >= 0.3 is 0 Å².